The van der Waals surface area contributed by atoms with Crippen molar-refractivity contribution < 1.29 is 18.3 Å². The molecular weight excluding hydrogens is 426 g/mol. The number of methoxy groups -OCH3 is 1. The second-order valence-electron chi connectivity index (χ2n) is 7.30. The summed E-state index contributed by atoms with van der Waals surface area (Å²) >= 11 is 0. The van der Waals surface area contributed by atoms with E-state index in [0.717, 1.165) is 0 Å². The first-order chi connectivity index (χ1) is 16.0. The standard InChI is InChI=1S/C25H20F2N4O2/c1-33-24(32)31-22-8-2-6-20(30-22)15-25(18-5-3-13-28-16-18,17-9-11-19(26)12-10-17)21-7-4-14-29-23(21)27/h2-14,16H,15H2,1H3,(H,30,31,32). The Morgan fingerprint density at radius 3 is 2.45 bits per heavy atom. The lowest BCUT2D eigenvalue weighted by atomic mass is 9.67. The number of carbonyl (C=O) groups is 1. The van der Waals surface area contributed by atoms with Crippen LogP contribution >= 0.6 is 0 Å². The van der Waals surface area contributed by atoms with Crippen molar-refractivity contribution in [2.45, 2.75) is 11.8 Å². The fourth-order valence-corrected chi connectivity index (χ4v) is 3.91. The topological polar surface area (TPSA) is 77.0 Å². The molecule has 1 atom stereocenters. The van der Waals surface area contributed by atoms with Gasteiger partial charge in [-0.25, -0.2) is 19.2 Å². The van der Waals surface area contributed by atoms with Crippen LogP contribution in [0.15, 0.2) is 85.3 Å². The van der Waals surface area contributed by atoms with E-state index in [2.05, 4.69) is 25.0 Å². The molecule has 0 fully saturated rings. The van der Waals surface area contributed by atoms with Crippen LogP contribution in [0.25, 0.3) is 0 Å². The highest BCUT2D eigenvalue weighted by molar-refractivity contribution is 5.83. The SMILES string of the molecule is COC(=O)Nc1cccc(CC(c2ccc(F)cc2)(c2cccnc2)c2cccnc2F)n1. The molecule has 4 rings (SSSR count). The zero-order valence-corrected chi connectivity index (χ0v) is 17.7. The summed E-state index contributed by atoms with van der Waals surface area (Å²) in [5, 5.41) is 2.54. The maximum atomic E-state index is 15.2. The van der Waals surface area contributed by atoms with Crippen LogP contribution < -0.4 is 5.32 Å². The lowest BCUT2D eigenvalue weighted by Crippen LogP contribution is -2.34. The zero-order valence-electron chi connectivity index (χ0n) is 17.7. The van der Waals surface area contributed by atoms with Gasteiger partial charge in [-0.1, -0.05) is 30.3 Å². The number of ether oxygens (including phenoxy) is 1. The highest BCUT2D eigenvalue weighted by Gasteiger charge is 2.40. The average Bonchev–Trinajstić information content (AvgIpc) is 2.84. The van der Waals surface area contributed by atoms with Gasteiger partial charge in [-0.15, -0.1) is 0 Å². The first-order valence-corrected chi connectivity index (χ1v) is 10.1. The summed E-state index contributed by atoms with van der Waals surface area (Å²) < 4.78 is 33.7. The molecule has 1 aromatic carbocycles. The average molecular weight is 446 g/mol. The van der Waals surface area contributed by atoms with Crippen molar-refractivity contribution in [1.82, 2.24) is 15.0 Å². The summed E-state index contributed by atoms with van der Waals surface area (Å²) in [6.45, 7) is 0. The third-order valence-corrected chi connectivity index (χ3v) is 5.38. The normalized spacial score (nSPS) is 12.6. The first kappa shape index (κ1) is 22.0. The summed E-state index contributed by atoms with van der Waals surface area (Å²) in [5.74, 6) is -0.785. The van der Waals surface area contributed by atoms with Gasteiger partial charge in [0.1, 0.15) is 11.6 Å². The maximum Gasteiger partial charge on any atom is 0.412 e. The van der Waals surface area contributed by atoms with Gasteiger partial charge in [0.25, 0.3) is 0 Å². The minimum absolute atomic E-state index is 0.184. The minimum atomic E-state index is -1.13. The van der Waals surface area contributed by atoms with Crippen molar-refractivity contribution in [2.75, 3.05) is 12.4 Å². The monoisotopic (exact) mass is 446 g/mol. The molecule has 166 valence electrons. The quantitative estimate of drug-likeness (QED) is 0.426. The van der Waals surface area contributed by atoms with E-state index >= 15 is 4.39 Å². The molecule has 0 bridgehead atoms. The second kappa shape index (κ2) is 9.52. The van der Waals surface area contributed by atoms with Crippen molar-refractivity contribution in [3.63, 3.8) is 0 Å². The van der Waals surface area contributed by atoms with Gasteiger partial charge >= 0.3 is 6.09 Å². The van der Waals surface area contributed by atoms with E-state index in [1.165, 1.54) is 25.4 Å². The summed E-state index contributed by atoms with van der Waals surface area (Å²) in [7, 11) is 1.26. The predicted octanol–water partition coefficient (Wildman–Crippen LogP) is 4.91. The summed E-state index contributed by atoms with van der Waals surface area (Å²) in [5.41, 5.74) is 1.03. The Bertz CT molecular complexity index is 1250. The fourth-order valence-electron chi connectivity index (χ4n) is 3.91. The molecule has 0 radical (unpaired) electrons. The third kappa shape index (κ3) is 4.55. The van der Waals surface area contributed by atoms with E-state index in [4.69, 9.17) is 0 Å². The lowest BCUT2D eigenvalue weighted by molar-refractivity contribution is 0.187. The predicted molar refractivity (Wildman–Crippen MR) is 119 cm³/mol. The molecule has 4 aromatic rings. The van der Waals surface area contributed by atoms with Gasteiger partial charge < -0.3 is 4.74 Å². The van der Waals surface area contributed by atoms with E-state index in [1.807, 2.05) is 6.07 Å². The Morgan fingerprint density at radius 1 is 0.970 bits per heavy atom. The number of halogens is 2. The van der Waals surface area contributed by atoms with Crippen molar-refractivity contribution in [1.29, 1.82) is 0 Å². The van der Waals surface area contributed by atoms with Crippen molar-refractivity contribution >= 4 is 11.9 Å². The number of aromatic nitrogens is 3. The van der Waals surface area contributed by atoms with E-state index in [1.54, 1.807) is 60.9 Å². The van der Waals surface area contributed by atoms with Gasteiger partial charge in [-0.3, -0.25) is 10.3 Å². The van der Waals surface area contributed by atoms with Gasteiger partial charge in [0, 0.05) is 36.3 Å². The molecule has 1 N–H and O–H groups in total. The van der Waals surface area contributed by atoms with Gasteiger partial charge in [0.05, 0.1) is 12.5 Å². The molecule has 3 aromatic heterocycles. The number of anilines is 1. The smallest absolute Gasteiger partial charge is 0.412 e. The number of hydrogen-bond acceptors (Lipinski definition) is 5. The molecule has 0 saturated heterocycles. The Balaban J connectivity index is 1.94. The third-order valence-electron chi connectivity index (χ3n) is 5.38. The highest BCUT2D eigenvalue weighted by Crippen LogP contribution is 2.42. The van der Waals surface area contributed by atoms with Crippen LogP contribution in [0.2, 0.25) is 0 Å². The molecule has 1 unspecified atom stereocenters. The van der Waals surface area contributed by atoms with Gasteiger partial charge in [0.15, 0.2) is 0 Å². The number of benzene rings is 1. The van der Waals surface area contributed by atoms with E-state index in [9.17, 15) is 9.18 Å². The maximum absolute atomic E-state index is 15.2. The Hall–Kier alpha value is -4.20. The van der Waals surface area contributed by atoms with Gasteiger partial charge in [-0.2, -0.15) is 4.39 Å². The van der Waals surface area contributed by atoms with Crippen LogP contribution in [0.3, 0.4) is 0 Å². The molecule has 0 aliphatic carbocycles. The molecule has 1 amide bonds. The van der Waals surface area contributed by atoms with Crippen molar-refractivity contribution in [2.24, 2.45) is 0 Å². The molecular formula is C25H20F2N4O2. The van der Waals surface area contributed by atoms with Crippen LogP contribution in [0, 0.1) is 11.8 Å². The van der Waals surface area contributed by atoms with Crippen LogP contribution in [0.4, 0.5) is 19.4 Å². The molecule has 3 heterocycles. The van der Waals surface area contributed by atoms with Crippen molar-refractivity contribution in [3.8, 4) is 0 Å². The largest absolute Gasteiger partial charge is 0.453 e. The molecule has 6 nitrogen and oxygen atoms in total. The van der Waals surface area contributed by atoms with Crippen LogP contribution in [-0.2, 0) is 16.6 Å². The minimum Gasteiger partial charge on any atom is -0.453 e. The molecule has 33 heavy (non-hydrogen) atoms. The van der Waals surface area contributed by atoms with E-state index in [-0.39, 0.29) is 17.8 Å². The summed E-state index contributed by atoms with van der Waals surface area (Å²) in [6.07, 6.45) is 4.17. The fraction of sp³-hybridized carbons (Fsp3) is 0.120. The molecule has 0 aliphatic rings. The number of amides is 1. The summed E-state index contributed by atoms with van der Waals surface area (Å²) in [4.78, 5) is 24.3. The Labute approximate surface area is 189 Å². The molecule has 0 spiro atoms. The Morgan fingerprint density at radius 2 is 1.76 bits per heavy atom. The first-order valence-electron chi connectivity index (χ1n) is 10.1. The summed E-state index contributed by atoms with van der Waals surface area (Å²) in [6, 6.07) is 17.9. The number of rotatable bonds is 6. The van der Waals surface area contributed by atoms with Crippen molar-refractivity contribution in [3.05, 3.63) is 119 Å². The van der Waals surface area contributed by atoms with E-state index in [0.29, 0.717) is 16.8 Å². The molecule has 0 aliphatic heterocycles. The zero-order chi connectivity index (χ0) is 23.3. The number of pyridine rings is 3. The second-order valence-corrected chi connectivity index (χ2v) is 7.30. The van der Waals surface area contributed by atoms with Gasteiger partial charge in [-0.05, 0) is 47.5 Å². The number of nitrogens with zero attached hydrogens (tertiary/aromatic N) is 3. The lowest BCUT2D eigenvalue weighted by Gasteiger charge is -2.35. The molecule has 8 heteroatoms. The number of nitrogens with one attached hydrogen (secondary N) is 1. The van der Waals surface area contributed by atoms with E-state index < -0.39 is 23.3 Å². The van der Waals surface area contributed by atoms with Crippen LogP contribution in [0.5, 0.6) is 0 Å². The Kier molecular flexibility index (Phi) is 6.35. The molecule has 0 saturated carbocycles. The number of hydrogen-bond donors (Lipinski definition) is 1. The van der Waals surface area contributed by atoms with Gasteiger partial charge in [0.2, 0.25) is 5.95 Å². The van der Waals surface area contributed by atoms with Crippen LogP contribution in [0.1, 0.15) is 22.4 Å². The number of carbonyl (C=O) groups excluding carboxylic acids is 1. The van der Waals surface area contributed by atoms with Crippen LogP contribution in [-0.4, -0.2) is 28.2 Å². The highest BCUT2D eigenvalue weighted by atomic mass is 19.1.